The third-order valence-electron chi connectivity index (χ3n) is 3.08. The van der Waals surface area contributed by atoms with Gasteiger partial charge in [0, 0.05) is 29.8 Å². The van der Waals surface area contributed by atoms with Crippen LogP contribution in [0.15, 0.2) is 42.2 Å². The van der Waals surface area contributed by atoms with E-state index in [0.717, 1.165) is 11.9 Å². The summed E-state index contributed by atoms with van der Waals surface area (Å²) in [7, 11) is 0. The molecule has 0 aliphatic carbocycles. The third-order valence-corrected chi connectivity index (χ3v) is 3.08. The van der Waals surface area contributed by atoms with E-state index in [-0.39, 0.29) is 12.2 Å². The number of carbonyl (C=O) groups is 1. The molecule has 0 bridgehead atoms. The van der Waals surface area contributed by atoms with Crippen molar-refractivity contribution in [3.8, 4) is 6.07 Å². The highest BCUT2D eigenvalue weighted by atomic mass is 16.5. The van der Waals surface area contributed by atoms with Gasteiger partial charge in [0.05, 0.1) is 6.61 Å². The number of carbonyl (C=O) groups excluding carboxylic acids is 1. The molecule has 0 aliphatic heterocycles. The Hall–Kier alpha value is -2.74. The molecule has 0 aliphatic rings. The average molecular weight is 283 g/mol. The second kappa shape index (κ2) is 7.15. The molecule has 0 unspecified atom stereocenters. The van der Waals surface area contributed by atoms with Gasteiger partial charge in [0.15, 0.2) is 5.57 Å². The number of nitrogens with zero attached hydrogens (tertiary/aromatic N) is 1. The molecule has 2 rings (SSSR count). The van der Waals surface area contributed by atoms with Crippen molar-refractivity contribution in [3.63, 3.8) is 0 Å². The summed E-state index contributed by atoms with van der Waals surface area (Å²) in [5.74, 6) is -0.598. The summed E-state index contributed by atoms with van der Waals surface area (Å²) in [6.07, 6.45) is 4.18. The molecular weight excluding hydrogens is 266 g/mol. The molecule has 0 atom stereocenters. The average Bonchev–Trinajstić information content (AvgIpc) is 2.91. The fourth-order valence-corrected chi connectivity index (χ4v) is 2.07. The Kier molecular flexibility index (Phi) is 4.99. The number of esters is 1. The number of ether oxygens (including phenoxy) is 1. The molecule has 5 heteroatoms. The molecule has 0 saturated heterocycles. The lowest BCUT2D eigenvalue weighted by Gasteiger charge is -2.02. The van der Waals surface area contributed by atoms with Gasteiger partial charge in [0.1, 0.15) is 6.07 Å². The molecular formula is C16H17N3O2. The maximum atomic E-state index is 11.4. The topological polar surface area (TPSA) is 77.9 Å². The lowest BCUT2D eigenvalue weighted by molar-refractivity contribution is -0.138. The predicted octanol–water partition coefficient (Wildman–Crippen LogP) is 2.27. The van der Waals surface area contributed by atoms with Crippen molar-refractivity contribution < 1.29 is 9.53 Å². The summed E-state index contributed by atoms with van der Waals surface area (Å²) < 4.78 is 4.78. The zero-order valence-corrected chi connectivity index (χ0v) is 11.8. The summed E-state index contributed by atoms with van der Waals surface area (Å²) in [5, 5.41) is 13.1. The normalized spacial score (nSPS) is 11.1. The van der Waals surface area contributed by atoms with Crippen LogP contribution in [0.4, 0.5) is 0 Å². The van der Waals surface area contributed by atoms with E-state index < -0.39 is 5.97 Å². The van der Waals surface area contributed by atoms with Crippen molar-refractivity contribution >= 4 is 16.9 Å². The molecule has 0 radical (unpaired) electrons. The lowest BCUT2D eigenvalue weighted by Crippen LogP contribution is -2.14. The van der Waals surface area contributed by atoms with Crippen molar-refractivity contribution in [1.29, 1.82) is 5.26 Å². The van der Waals surface area contributed by atoms with Gasteiger partial charge in [-0.15, -0.1) is 0 Å². The lowest BCUT2D eigenvalue weighted by atomic mass is 10.1. The van der Waals surface area contributed by atoms with Crippen molar-refractivity contribution in [2.45, 2.75) is 13.3 Å². The molecule has 1 aromatic heterocycles. The first-order valence-electron chi connectivity index (χ1n) is 6.82. The van der Waals surface area contributed by atoms with Gasteiger partial charge >= 0.3 is 5.97 Å². The van der Waals surface area contributed by atoms with Crippen LogP contribution in [0.25, 0.3) is 10.9 Å². The number of aromatic amines is 1. The number of hydrogen-bond donors (Lipinski definition) is 2. The van der Waals surface area contributed by atoms with E-state index in [9.17, 15) is 4.79 Å². The van der Waals surface area contributed by atoms with Crippen LogP contribution < -0.4 is 5.32 Å². The Bertz CT molecular complexity index is 695. The van der Waals surface area contributed by atoms with Crippen LogP contribution in [0, 0.1) is 11.3 Å². The zero-order chi connectivity index (χ0) is 15.1. The highest BCUT2D eigenvalue weighted by molar-refractivity contribution is 5.92. The molecule has 2 aromatic rings. The number of nitriles is 1. The molecule has 5 nitrogen and oxygen atoms in total. The van der Waals surface area contributed by atoms with E-state index >= 15 is 0 Å². The molecule has 0 amide bonds. The van der Waals surface area contributed by atoms with Gasteiger partial charge in [-0.05, 0) is 25.0 Å². The van der Waals surface area contributed by atoms with Crippen molar-refractivity contribution in [1.82, 2.24) is 10.3 Å². The van der Waals surface area contributed by atoms with Crippen LogP contribution >= 0.6 is 0 Å². The van der Waals surface area contributed by atoms with Gasteiger partial charge in [-0.3, -0.25) is 0 Å². The fraction of sp³-hybridized carbons (Fsp3) is 0.250. The van der Waals surface area contributed by atoms with Gasteiger partial charge in [-0.2, -0.15) is 5.26 Å². The first-order chi connectivity index (χ1) is 10.3. The van der Waals surface area contributed by atoms with Crippen molar-refractivity contribution in [2.24, 2.45) is 0 Å². The van der Waals surface area contributed by atoms with Crippen LogP contribution in [0.1, 0.15) is 12.5 Å². The number of fused-ring (bicyclic) bond motifs is 1. The van der Waals surface area contributed by atoms with Crippen LogP contribution in [-0.4, -0.2) is 24.1 Å². The second-order valence-electron chi connectivity index (χ2n) is 4.45. The minimum absolute atomic E-state index is 0.0178. The summed E-state index contributed by atoms with van der Waals surface area (Å²) >= 11 is 0. The number of hydrogen-bond acceptors (Lipinski definition) is 4. The first kappa shape index (κ1) is 14.7. The van der Waals surface area contributed by atoms with Crippen LogP contribution in [0.3, 0.4) is 0 Å². The summed E-state index contributed by atoms with van der Waals surface area (Å²) in [6, 6.07) is 9.91. The van der Waals surface area contributed by atoms with Crippen LogP contribution in [0.5, 0.6) is 0 Å². The van der Waals surface area contributed by atoms with Crippen LogP contribution in [-0.2, 0) is 16.0 Å². The van der Waals surface area contributed by atoms with Crippen molar-refractivity contribution in [3.05, 3.63) is 47.8 Å². The molecule has 1 heterocycles. The minimum Gasteiger partial charge on any atom is -0.462 e. The largest absolute Gasteiger partial charge is 0.462 e. The van der Waals surface area contributed by atoms with E-state index in [1.807, 2.05) is 30.5 Å². The standard InChI is InChI=1S/C16H17N3O2/c1-2-21-16(20)13(9-17)10-18-8-7-12-11-19-15-6-4-3-5-14(12)15/h3-6,10-11,18-19H,2,7-8H2,1H3/b13-10+. The fourth-order valence-electron chi connectivity index (χ4n) is 2.07. The molecule has 0 saturated carbocycles. The van der Waals surface area contributed by atoms with Gasteiger partial charge in [0.25, 0.3) is 0 Å². The molecule has 0 fully saturated rings. The number of rotatable bonds is 6. The Labute approximate surface area is 123 Å². The van der Waals surface area contributed by atoms with Crippen LogP contribution in [0.2, 0.25) is 0 Å². The van der Waals surface area contributed by atoms with E-state index in [1.165, 1.54) is 17.1 Å². The Balaban J connectivity index is 1.92. The number of nitrogens with one attached hydrogen (secondary N) is 2. The Morgan fingerprint density at radius 1 is 1.48 bits per heavy atom. The molecule has 21 heavy (non-hydrogen) atoms. The van der Waals surface area contributed by atoms with Gasteiger partial charge in [0.2, 0.25) is 0 Å². The maximum absolute atomic E-state index is 11.4. The first-order valence-corrected chi connectivity index (χ1v) is 6.82. The number of H-pyrrole nitrogens is 1. The number of aromatic nitrogens is 1. The maximum Gasteiger partial charge on any atom is 0.350 e. The van der Waals surface area contributed by atoms with Crippen molar-refractivity contribution in [2.75, 3.05) is 13.2 Å². The quantitative estimate of drug-likeness (QED) is 0.369. The minimum atomic E-state index is -0.598. The highest BCUT2D eigenvalue weighted by Gasteiger charge is 2.08. The zero-order valence-electron chi connectivity index (χ0n) is 11.8. The number of para-hydroxylation sites is 1. The van der Waals surface area contributed by atoms with E-state index in [0.29, 0.717) is 6.54 Å². The molecule has 0 spiro atoms. The summed E-state index contributed by atoms with van der Waals surface area (Å²) in [5.41, 5.74) is 2.28. The number of benzene rings is 1. The second-order valence-corrected chi connectivity index (χ2v) is 4.45. The molecule has 1 aromatic carbocycles. The van der Waals surface area contributed by atoms with Gasteiger partial charge in [-0.1, -0.05) is 18.2 Å². The van der Waals surface area contributed by atoms with E-state index in [1.54, 1.807) is 6.92 Å². The smallest absolute Gasteiger partial charge is 0.350 e. The van der Waals surface area contributed by atoms with Gasteiger partial charge < -0.3 is 15.0 Å². The summed E-state index contributed by atoms with van der Waals surface area (Å²) in [4.78, 5) is 14.6. The molecule has 2 N–H and O–H groups in total. The summed E-state index contributed by atoms with van der Waals surface area (Å²) in [6.45, 7) is 2.59. The Morgan fingerprint density at radius 2 is 2.29 bits per heavy atom. The third kappa shape index (κ3) is 3.63. The van der Waals surface area contributed by atoms with E-state index in [4.69, 9.17) is 10.00 Å². The highest BCUT2D eigenvalue weighted by Crippen LogP contribution is 2.17. The van der Waals surface area contributed by atoms with Gasteiger partial charge in [-0.25, -0.2) is 4.79 Å². The Morgan fingerprint density at radius 3 is 3.05 bits per heavy atom. The molecule has 108 valence electrons. The predicted molar refractivity (Wildman–Crippen MR) is 80.3 cm³/mol. The monoisotopic (exact) mass is 283 g/mol. The SMILES string of the molecule is CCOC(=O)/C(C#N)=C/NCCc1c[nH]c2ccccc12. The van der Waals surface area contributed by atoms with E-state index in [2.05, 4.69) is 16.4 Å².